The number of anilines is 2. The number of likely N-dealkylation sites (tertiary alicyclic amines) is 1. The van der Waals surface area contributed by atoms with Crippen molar-refractivity contribution in [3.8, 4) is 11.8 Å². The second kappa shape index (κ2) is 11.8. The van der Waals surface area contributed by atoms with Gasteiger partial charge in [0.2, 0.25) is 0 Å². The van der Waals surface area contributed by atoms with E-state index in [1.54, 1.807) is 7.11 Å². The van der Waals surface area contributed by atoms with Crippen LogP contribution in [-0.2, 0) is 22.4 Å². The Morgan fingerprint density at radius 3 is 2.76 bits per heavy atom. The zero-order valence-electron chi connectivity index (χ0n) is 24.9. The molecule has 10 nitrogen and oxygen atoms in total. The fourth-order valence-corrected chi connectivity index (χ4v) is 7.25. The smallest absolute Gasteiger partial charge is 0.318 e. The summed E-state index contributed by atoms with van der Waals surface area (Å²) in [4.78, 5) is 17.4. The van der Waals surface area contributed by atoms with E-state index in [9.17, 15) is 0 Å². The Balaban J connectivity index is 1.22. The number of nitrogens with zero attached hydrogens (tertiary/aromatic N) is 5. The number of piperazine rings is 1. The van der Waals surface area contributed by atoms with Gasteiger partial charge in [-0.05, 0) is 50.7 Å². The maximum absolute atomic E-state index is 6.36. The van der Waals surface area contributed by atoms with Gasteiger partial charge in [0, 0.05) is 68.6 Å². The first-order chi connectivity index (χ1) is 20.6. The Morgan fingerprint density at radius 2 is 1.93 bits per heavy atom. The summed E-state index contributed by atoms with van der Waals surface area (Å²) in [6.07, 6.45) is 4.49. The van der Waals surface area contributed by atoms with Crippen LogP contribution in [0.15, 0.2) is 36.4 Å². The van der Waals surface area contributed by atoms with Crippen molar-refractivity contribution in [2.24, 2.45) is 0 Å². The number of benzene rings is 2. The predicted octanol–water partition coefficient (Wildman–Crippen LogP) is 3.21. The van der Waals surface area contributed by atoms with E-state index in [1.807, 2.05) is 7.11 Å². The monoisotopic (exact) mass is 574 g/mol. The van der Waals surface area contributed by atoms with Gasteiger partial charge in [0.05, 0.1) is 24.4 Å². The van der Waals surface area contributed by atoms with E-state index in [2.05, 4.69) is 63.5 Å². The Labute approximate surface area is 247 Å². The molecule has 4 aliphatic heterocycles. The molecule has 5 heterocycles. The molecule has 1 aromatic heterocycles. The Bertz CT molecular complexity index is 1420. The number of likely N-dealkylation sites (N-methyl/N-ethyl adjacent to an activating group) is 1. The molecule has 1 N–H and O–H groups in total. The highest BCUT2D eigenvalue weighted by Gasteiger charge is 2.41. The average molecular weight is 575 g/mol. The highest BCUT2D eigenvalue weighted by atomic mass is 16.7. The molecule has 3 saturated heterocycles. The molecule has 0 saturated carbocycles. The molecule has 2 aromatic carbocycles. The maximum atomic E-state index is 6.36. The molecule has 0 aliphatic carbocycles. The highest BCUT2D eigenvalue weighted by molar-refractivity contribution is 5.95. The third kappa shape index (κ3) is 5.37. The number of fused-ring (bicyclic) bond motifs is 4. The van der Waals surface area contributed by atoms with Gasteiger partial charge in [-0.1, -0.05) is 24.3 Å². The average Bonchev–Trinajstić information content (AvgIpc) is 3.57. The van der Waals surface area contributed by atoms with Crippen LogP contribution in [0.3, 0.4) is 0 Å². The van der Waals surface area contributed by atoms with Crippen molar-refractivity contribution in [3.05, 3.63) is 47.7 Å². The van der Waals surface area contributed by atoms with E-state index in [0.29, 0.717) is 37.3 Å². The quantitative estimate of drug-likeness (QED) is 0.385. The van der Waals surface area contributed by atoms with Crippen LogP contribution in [0.4, 0.5) is 11.5 Å². The molecule has 224 valence electrons. The van der Waals surface area contributed by atoms with Crippen molar-refractivity contribution in [3.63, 3.8) is 0 Å². The lowest BCUT2D eigenvalue weighted by atomic mass is 10.0. The summed E-state index contributed by atoms with van der Waals surface area (Å²) in [5.74, 6) is 1.83. The number of methoxy groups -OCH3 is 2. The minimum Gasteiger partial charge on any atom is -0.467 e. The van der Waals surface area contributed by atoms with Crippen LogP contribution in [0.2, 0.25) is 0 Å². The van der Waals surface area contributed by atoms with Gasteiger partial charge in [-0.25, -0.2) is 0 Å². The van der Waals surface area contributed by atoms with E-state index in [-0.39, 0.29) is 12.9 Å². The highest BCUT2D eigenvalue weighted by Crippen LogP contribution is 2.38. The van der Waals surface area contributed by atoms with Crippen molar-refractivity contribution in [2.45, 2.75) is 56.5 Å². The lowest BCUT2D eigenvalue weighted by Gasteiger charge is -2.38. The predicted molar refractivity (Wildman–Crippen MR) is 163 cm³/mol. The first-order valence-electron chi connectivity index (χ1n) is 15.3. The molecule has 42 heavy (non-hydrogen) atoms. The molecular weight excluding hydrogens is 532 g/mol. The standard InChI is InChI=1S/C32H42N6O4/c1-36-11-6-8-23(36)19-41-32-34-27-17-37(29-15-24(42-20-39-2)13-21-7-4-5-9-25(21)29)12-10-26(27)31(35-32)38-16-22-14-30(40-3)28(18-38)33-22/h4-5,7,9,13,15,22-23,28,30,33H,6,8,10-12,14,16-20H2,1-3H3/t22-,23?,28-,30-/m1/s1. The first-order valence-corrected chi connectivity index (χ1v) is 15.3. The van der Waals surface area contributed by atoms with Gasteiger partial charge in [-0.15, -0.1) is 0 Å². The largest absolute Gasteiger partial charge is 0.467 e. The van der Waals surface area contributed by atoms with E-state index in [4.69, 9.17) is 28.9 Å². The summed E-state index contributed by atoms with van der Waals surface area (Å²) in [5.41, 5.74) is 3.42. The van der Waals surface area contributed by atoms with Crippen molar-refractivity contribution < 1.29 is 18.9 Å². The molecule has 0 radical (unpaired) electrons. The molecule has 4 aliphatic rings. The molecule has 3 fully saturated rings. The van der Waals surface area contributed by atoms with Crippen LogP contribution in [0.5, 0.6) is 11.8 Å². The molecule has 7 rings (SSSR count). The van der Waals surface area contributed by atoms with Crippen molar-refractivity contribution >= 4 is 22.3 Å². The van der Waals surface area contributed by atoms with Gasteiger partial charge >= 0.3 is 6.01 Å². The SMILES string of the molecule is COCOc1cc(N2CCc3c(nc(OCC4CCCN4C)nc3N3C[C@H]4C[C@@H](OC)[C@@H](C3)N4)C2)c2ccccc2c1. The van der Waals surface area contributed by atoms with Crippen LogP contribution < -0.4 is 24.6 Å². The molecule has 10 heteroatoms. The van der Waals surface area contributed by atoms with E-state index >= 15 is 0 Å². The van der Waals surface area contributed by atoms with Crippen molar-refractivity contribution in [1.82, 2.24) is 20.2 Å². The molecule has 4 atom stereocenters. The van der Waals surface area contributed by atoms with Crippen LogP contribution >= 0.6 is 0 Å². The number of hydrogen-bond acceptors (Lipinski definition) is 10. The summed E-state index contributed by atoms with van der Waals surface area (Å²) < 4.78 is 23.2. The molecule has 2 bridgehead atoms. The summed E-state index contributed by atoms with van der Waals surface area (Å²) in [6.45, 7) is 5.28. The maximum Gasteiger partial charge on any atom is 0.318 e. The second-order valence-corrected chi connectivity index (χ2v) is 12.1. The van der Waals surface area contributed by atoms with Crippen LogP contribution in [0, 0.1) is 0 Å². The van der Waals surface area contributed by atoms with E-state index in [1.165, 1.54) is 17.4 Å². The molecular formula is C32H42N6O4. The molecule has 0 spiro atoms. The fourth-order valence-electron chi connectivity index (χ4n) is 7.25. The van der Waals surface area contributed by atoms with Crippen LogP contribution in [-0.4, -0.2) is 99.9 Å². The Hall–Kier alpha value is -3.18. The topological polar surface area (TPSA) is 84.5 Å². The van der Waals surface area contributed by atoms with Gasteiger partial charge in [0.15, 0.2) is 6.79 Å². The second-order valence-electron chi connectivity index (χ2n) is 12.1. The van der Waals surface area contributed by atoms with Crippen molar-refractivity contribution in [1.29, 1.82) is 0 Å². The van der Waals surface area contributed by atoms with Gasteiger partial charge in [-0.3, -0.25) is 0 Å². The summed E-state index contributed by atoms with van der Waals surface area (Å²) in [6, 6.07) is 14.3. The number of aromatic nitrogens is 2. The number of ether oxygens (including phenoxy) is 4. The fraction of sp³-hybridized carbons (Fsp3) is 0.562. The summed E-state index contributed by atoms with van der Waals surface area (Å²) >= 11 is 0. The number of nitrogens with one attached hydrogen (secondary N) is 1. The minimum absolute atomic E-state index is 0.213. The minimum atomic E-state index is 0.213. The summed E-state index contributed by atoms with van der Waals surface area (Å²) in [7, 11) is 5.64. The summed E-state index contributed by atoms with van der Waals surface area (Å²) in [5, 5.41) is 6.08. The Morgan fingerprint density at radius 1 is 1.02 bits per heavy atom. The zero-order chi connectivity index (χ0) is 28.6. The lowest BCUT2D eigenvalue weighted by Crippen LogP contribution is -2.53. The van der Waals surface area contributed by atoms with E-state index in [0.717, 1.165) is 73.8 Å². The van der Waals surface area contributed by atoms with Gasteiger partial charge in [-0.2, -0.15) is 9.97 Å². The lowest BCUT2D eigenvalue weighted by molar-refractivity contribution is 0.0512. The first kappa shape index (κ1) is 27.6. The molecule has 3 aromatic rings. The third-order valence-corrected chi connectivity index (χ3v) is 9.47. The number of hydrogen-bond donors (Lipinski definition) is 1. The number of rotatable bonds is 9. The van der Waals surface area contributed by atoms with Crippen LogP contribution in [0.25, 0.3) is 10.8 Å². The van der Waals surface area contributed by atoms with Gasteiger partial charge < -0.3 is 39.0 Å². The van der Waals surface area contributed by atoms with Gasteiger partial charge in [0.1, 0.15) is 18.2 Å². The molecule has 0 amide bonds. The normalized spacial score (nSPS) is 25.7. The zero-order valence-corrected chi connectivity index (χ0v) is 24.9. The van der Waals surface area contributed by atoms with Crippen LogP contribution in [0.1, 0.15) is 30.5 Å². The molecule has 1 unspecified atom stereocenters. The Kier molecular flexibility index (Phi) is 7.79. The van der Waals surface area contributed by atoms with Gasteiger partial charge in [0.25, 0.3) is 0 Å². The van der Waals surface area contributed by atoms with Crippen molar-refractivity contribution in [2.75, 3.05) is 70.6 Å². The van der Waals surface area contributed by atoms with E-state index < -0.39 is 0 Å². The third-order valence-electron chi connectivity index (χ3n) is 9.47.